The summed E-state index contributed by atoms with van der Waals surface area (Å²) in [6.07, 6.45) is 2.15. The largest absolute Gasteiger partial charge is 0.494 e. The number of ether oxygens (including phenoxy) is 1. The molecule has 1 fully saturated rings. The lowest BCUT2D eigenvalue weighted by atomic mass is 9.89. The number of hydrogen-bond donors (Lipinski definition) is 1. The molecular formula is C14H20FNO. The molecule has 1 aliphatic heterocycles. The standard InChI is InChI=1S/C14H20FNO/c1-4-13-11(7-9(2)16-13)10-5-6-14(17-3)12(15)8-10/h5-6,8-9,11,13,16H,4,7H2,1-3H3. The van der Waals surface area contributed by atoms with Gasteiger partial charge < -0.3 is 10.1 Å². The van der Waals surface area contributed by atoms with E-state index < -0.39 is 0 Å². The van der Waals surface area contributed by atoms with Crippen LogP contribution in [0.5, 0.6) is 5.75 Å². The molecule has 0 aliphatic carbocycles. The third kappa shape index (κ3) is 2.44. The molecule has 3 atom stereocenters. The number of hydrogen-bond acceptors (Lipinski definition) is 2. The molecular weight excluding hydrogens is 217 g/mol. The van der Waals surface area contributed by atoms with Crippen molar-refractivity contribution < 1.29 is 9.13 Å². The minimum Gasteiger partial charge on any atom is -0.494 e. The molecule has 0 bridgehead atoms. The van der Waals surface area contributed by atoms with Gasteiger partial charge in [0.1, 0.15) is 0 Å². The second-order valence-corrected chi connectivity index (χ2v) is 4.82. The van der Waals surface area contributed by atoms with E-state index in [0.29, 0.717) is 23.8 Å². The van der Waals surface area contributed by atoms with E-state index in [4.69, 9.17) is 4.74 Å². The minimum atomic E-state index is -0.264. The van der Waals surface area contributed by atoms with Crippen LogP contribution in [-0.4, -0.2) is 19.2 Å². The summed E-state index contributed by atoms with van der Waals surface area (Å²) in [4.78, 5) is 0. The molecule has 1 saturated heterocycles. The van der Waals surface area contributed by atoms with Crippen LogP contribution in [0.4, 0.5) is 4.39 Å². The Morgan fingerprint density at radius 2 is 2.24 bits per heavy atom. The fraction of sp³-hybridized carbons (Fsp3) is 0.571. The maximum Gasteiger partial charge on any atom is 0.165 e. The Bertz CT molecular complexity index is 394. The lowest BCUT2D eigenvalue weighted by Crippen LogP contribution is -2.28. The van der Waals surface area contributed by atoms with Gasteiger partial charge in [-0.2, -0.15) is 0 Å². The van der Waals surface area contributed by atoms with Crippen LogP contribution < -0.4 is 10.1 Å². The van der Waals surface area contributed by atoms with Crippen LogP contribution in [0, 0.1) is 5.82 Å². The van der Waals surface area contributed by atoms with E-state index in [9.17, 15) is 4.39 Å². The van der Waals surface area contributed by atoms with E-state index in [2.05, 4.69) is 19.2 Å². The van der Waals surface area contributed by atoms with Crippen molar-refractivity contribution in [3.8, 4) is 5.75 Å². The van der Waals surface area contributed by atoms with Crippen molar-refractivity contribution >= 4 is 0 Å². The van der Waals surface area contributed by atoms with Gasteiger partial charge in [0.15, 0.2) is 11.6 Å². The Balaban J connectivity index is 2.24. The van der Waals surface area contributed by atoms with E-state index in [0.717, 1.165) is 18.4 Å². The first-order valence-electron chi connectivity index (χ1n) is 6.25. The highest BCUT2D eigenvalue weighted by molar-refractivity contribution is 5.32. The fourth-order valence-corrected chi connectivity index (χ4v) is 2.78. The Morgan fingerprint density at radius 3 is 2.82 bits per heavy atom. The molecule has 0 spiro atoms. The number of benzene rings is 1. The van der Waals surface area contributed by atoms with Crippen molar-refractivity contribution in [2.45, 2.75) is 44.7 Å². The molecule has 0 saturated carbocycles. The first-order valence-corrected chi connectivity index (χ1v) is 6.25. The smallest absolute Gasteiger partial charge is 0.165 e. The van der Waals surface area contributed by atoms with E-state index in [1.807, 2.05) is 6.07 Å². The minimum absolute atomic E-state index is 0.264. The number of methoxy groups -OCH3 is 1. The van der Waals surface area contributed by atoms with Crippen molar-refractivity contribution in [3.05, 3.63) is 29.6 Å². The summed E-state index contributed by atoms with van der Waals surface area (Å²) in [6, 6.07) is 6.29. The molecule has 1 N–H and O–H groups in total. The zero-order chi connectivity index (χ0) is 12.4. The Morgan fingerprint density at radius 1 is 1.47 bits per heavy atom. The van der Waals surface area contributed by atoms with E-state index in [1.54, 1.807) is 12.1 Å². The third-order valence-corrected chi connectivity index (χ3v) is 3.64. The molecule has 2 nitrogen and oxygen atoms in total. The molecule has 3 heteroatoms. The molecule has 1 aromatic carbocycles. The van der Waals surface area contributed by atoms with Crippen LogP contribution in [0.25, 0.3) is 0 Å². The van der Waals surface area contributed by atoms with Gasteiger partial charge in [-0.05, 0) is 37.5 Å². The molecule has 0 radical (unpaired) electrons. The zero-order valence-corrected chi connectivity index (χ0v) is 10.7. The highest BCUT2D eigenvalue weighted by Gasteiger charge is 2.31. The quantitative estimate of drug-likeness (QED) is 0.872. The Labute approximate surface area is 102 Å². The van der Waals surface area contributed by atoms with Gasteiger partial charge in [-0.1, -0.05) is 13.0 Å². The number of rotatable bonds is 3. The molecule has 0 amide bonds. The van der Waals surface area contributed by atoms with Crippen LogP contribution in [0.3, 0.4) is 0 Å². The summed E-state index contributed by atoms with van der Waals surface area (Å²) in [5.74, 6) is 0.468. The molecule has 0 aromatic heterocycles. The van der Waals surface area contributed by atoms with Crippen LogP contribution in [0.2, 0.25) is 0 Å². The predicted molar refractivity (Wildman–Crippen MR) is 67.0 cm³/mol. The zero-order valence-electron chi connectivity index (χ0n) is 10.7. The van der Waals surface area contributed by atoms with Gasteiger partial charge in [0.25, 0.3) is 0 Å². The van der Waals surface area contributed by atoms with Crippen LogP contribution >= 0.6 is 0 Å². The van der Waals surface area contributed by atoms with Gasteiger partial charge >= 0.3 is 0 Å². The number of halogens is 1. The lowest BCUT2D eigenvalue weighted by molar-refractivity contribution is 0.385. The highest BCUT2D eigenvalue weighted by atomic mass is 19.1. The summed E-state index contributed by atoms with van der Waals surface area (Å²) < 4.78 is 18.6. The first kappa shape index (κ1) is 12.4. The second kappa shape index (κ2) is 5.05. The average molecular weight is 237 g/mol. The van der Waals surface area contributed by atoms with Gasteiger partial charge in [0.05, 0.1) is 7.11 Å². The van der Waals surface area contributed by atoms with Gasteiger partial charge in [0.2, 0.25) is 0 Å². The summed E-state index contributed by atoms with van der Waals surface area (Å²) >= 11 is 0. The maximum atomic E-state index is 13.7. The highest BCUT2D eigenvalue weighted by Crippen LogP contribution is 2.34. The molecule has 17 heavy (non-hydrogen) atoms. The molecule has 1 aliphatic rings. The first-order chi connectivity index (χ1) is 8.15. The van der Waals surface area contributed by atoms with Gasteiger partial charge in [-0.15, -0.1) is 0 Å². The topological polar surface area (TPSA) is 21.3 Å². The van der Waals surface area contributed by atoms with Crippen LogP contribution in [0.15, 0.2) is 18.2 Å². The normalized spacial score (nSPS) is 28.4. The number of nitrogens with one attached hydrogen (secondary N) is 1. The van der Waals surface area contributed by atoms with Gasteiger partial charge in [0, 0.05) is 18.0 Å². The van der Waals surface area contributed by atoms with Crippen LogP contribution in [-0.2, 0) is 0 Å². The molecule has 94 valence electrons. The molecule has 3 unspecified atom stereocenters. The van der Waals surface area contributed by atoms with E-state index in [1.165, 1.54) is 7.11 Å². The van der Waals surface area contributed by atoms with Crippen molar-refractivity contribution in [3.63, 3.8) is 0 Å². The van der Waals surface area contributed by atoms with Crippen molar-refractivity contribution in [1.29, 1.82) is 0 Å². The average Bonchev–Trinajstić information content (AvgIpc) is 2.70. The molecule has 1 aromatic rings. The van der Waals surface area contributed by atoms with Gasteiger partial charge in [-0.25, -0.2) is 4.39 Å². The Kier molecular flexibility index (Phi) is 3.67. The Hall–Kier alpha value is -1.09. The maximum absolute atomic E-state index is 13.7. The monoisotopic (exact) mass is 237 g/mol. The van der Waals surface area contributed by atoms with E-state index >= 15 is 0 Å². The summed E-state index contributed by atoms with van der Waals surface area (Å²) in [6.45, 7) is 4.35. The van der Waals surface area contributed by atoms with Crippen molar-refractivity contribution in [2.75, 3.05) is 7.11 Å². The molecule has 2 rings (SSSR count). The van der Waals surface area contributed by atoms with Crippen molar-refractivity contribution in [2.24, 2.45) is 0 Å². The fourth-order valence-electron chi connectivity index (χ4n) is 2.78. The van der Waals surface area contributed by atoms with Crippen LogP contribution in [0.1, 0.15) is 38.2 Å². The van der Waals surface area contributed by atoms with Gasteiger partial charge in [-0.3, -0.25) is 0 Å². The van der Waals surface area contributed by atoms with Crippen molar-refractivity contribution in [1.82, 2.24) is 5.32 Å². The van der Waals surface area contributed by atoms with E-state index in [-0.39, 0.29) is 5.82 Å². The summed E-state index contributed by atoms with van der Waals surface area (Å²) in [5.41, 5.74) is 1.08. The molecule has 1 heterocycles. The SMILES string of the molecule is CCC1NC(C)CC1c1ccc(OC)c(F)c1. The second-order valence-electron chi connectivity index (χ2n) is 4.82. The summed E-state index contributed by atoms with van der Waals surface area (Å²) in [5, 5.41) is 3.55. The lowest BCUT2D eigenvalue weighted by Gasteiger charge is -2.18. The third-order valence-electron chi connectivity index (χ3n) is 3.64. The predicted octanol–water partition coefficient (Wildman–Crippen LogP) is 3.08. The summed E-state index contributed by atoms with van der Waals surface area (Å²) in [7, 11) is 1.49.